The van der Waals surface area contributed by atoms with Crippen molar-refractivity contribution in [3.05, 3.63) is 71.8 Å². The number of ether oxygens (including phenoxy) is 2. The first-order valence-electron chi connectivity index (χ1n) is 12.6. The number of esters is 1. The topological polar surface area (TPSA) is 35.5 Å². The molecule has 3 unspecified atom stereocenters. The van der Waals surface area contributed by atoms with Crippen molar-refractivity contribution in [2.75, 3.05) is 13.1 Å². The normalized spacial score (nSPS) is 26.1. The Morgan fingerprint density at radius 2 is 1.47 bits per heavy atom. The third-order valence-electron chi connectivity index (χ3n) is 8.30. The number of hydrogen-bond donors (Lipinski definition) is 0. The van der Waals surface area contributed by atoms with Crippen molar-refractivity contribution in [2.45, 2.75) is 81.2 Å². The van der Waals surface area contributed by atoms with E-state index in [1.807, 2.05) is 67.6 Å². The fourth-order valence-electron chi connectivity index (χ4n) is 6.75. The van der Waals surface area contributed by atoms with Crippen molar-refractivity contribution in [3.8, 4) is 0 Å². The third-order valence-corrected chi connectivity index (χ3v) is 8.70. The zero-order chi connectivity index (χ0) is 22.9. The third kappa shape index (κ3) is 4.39. The SMILES string of the molecule is CCC(Cl)OC(C(=O)OC1CC2CCC(C1)[N+]21CCCC1)(c1ccccc1)c1ccccc1.[Cl-]. The number of quaternary nitrogens is 1. The van der Waals surface area contributed by atoms with Crippen LogP contribution < -0.4 is 12.4 Å². The van der Waals surface area contributed by atoms with Crippen LogP contribution in [0.3, 0.4) is 0 Å². The second-order valence-corrected chi connectivity index (χ2v) is 10.5. The van der Waals surface area contributed by atoms with Gasteiger partial charge in [0.1, 0.15) is 11.7 Å². The second kappa shape index (κ2) is 10.6. The molecule has 0 aromatic heterocycles. The first-order chi connectivity index (χ1) is 16.1. The molecule has 34 heavy (non-hydrogen) atoms. The van der Waals surface area contributed by atoms with Gasteiger partial charge in [0, 0.05) is 38.5 Å². The van der Waals surface area contributed by atoms with Crippen LogP contribution >= 0.6 is 11.6 Å². The zero-order valence-corrected chi connectivity index (χ0v) is 21.4. The van der Waals surface area contributed by atoms with Gasteiger partial charge in [0.25, 0.3) is 0 Å². The summed E-state index contributed by atoms with van der Waals surface area (Å²) in [7, 11) is 0. The summed E-state index contributed by atoms with van der Waals surface area (Å²) in [6, 6.07) is 20.6. The van der Waals surface area contributed by atoms with E-state index in [-0.39, 0.29) is 24.5 Å². The molecule has 3 fully saturated rings. The van der Waals surface area contributed by atoms with E-state index in [9.17, 15) is 4.79 Å². The Hall–Kier alpha value is -1.59. The van der Waals surface area contributed by atoms with Crippen molar-refractivity contribution >= 4 is 17.6 Å². The molecule has 4 nitrogen and oxygen atoms in total. The van der Waals surface area contributed by atoms with E-state index in [0.717, 1.165) is 24.0 Å². The smallest absolute Gasteiger partial charge is 0.348 e. The Bertz CT molecular complexity index is 893. The van der Waals surface area contributed by atoms with Crippen LogP contribution in [0.1, 0.15) is 63.0 Å². The van der Waals surface area contributed by atoms with Crippen molar-refractivity contribution in [1.29, 1.82) is 0 Å². The molecule has 2 aromatic rings. The van der Waals surface area contributed by atoms with Gasteiger partial charge in [-0.2, -0.15) is 0 Å². The number of nitrogens with zero attached hydrogens (tertiary/aromatic N) is 1. The van der Waals surface area contributed by atoms with Crippen molar-refractivity contribution < 1.29 is 31.2 Å². The molecule has 0 amide bonds. The van der Waals surface area contributed by atoms with Crippen LogP contribution in [-0.2, 0) is 19.9 Å². The molecule has 1 spiro atoms. The Balaban J connectivity index is 0.00000274. The lowest BCUT2D eigenvalue weighted by atomic mass is 9.85. The molecule has 5 rings (SSSR count). The summed E-state index contributed by atoms with van der Waals surface area (Å²) >= 11 is 6.54. The molecule has 3 aliphatic heterocycles. The molecule has 184 valence electrons. The summed E-state index contributed by atoms with van der Waals surface area (Å²) < 4.78 is 14.1. The maximum Gasteiger partial charge on any atom is 0.348 e. The first kappa shape index (κ1) is 25.5. The molecule has 2 bridgehead atoms. The number of alkyl halides is 1. The summed E-state index contributed by atoms with van der Waals surface area (Å²) in [6.45, 7) is 4.57. The van der Waals surface area contributed by atoms with Crippen LogP contribution in [0.2, 0.25) is 0 Å². The predicted octanol–water partition coefficient (Wildman–Crippen LogP) is 2.77. The summed E-state index contributed by atoms with van der Waals surface area (Å²) in [6.07, 6.45) is 7.64. The molecule has 0 N–H and O–H groups in total. The van der Waals surface area contributed by atoms with E-state index >= 15 is 0 Å². The fourth-order valence-corrected chi connectivity index (χ4v) is 6.88. The molecule has 3 saturated heterocycles. The maximum atomic E-state index is 14.1. The van der Waals surface area contributed by atoms with Gasteiger partial charge in [-0.05, 0) is 17.5 Å². The number of halogens is 2. The predicted molar refractivity (Wildman–Crippen MR) is 130 cm³/mol. The van der Waals surface area contributed by atoms with Gasteiger partial charge in [-0.3, -0.25) is 0 Å². The molecule has 6 heteroatoms. The lowest BCUT2D eigenvalue weighted by Gasteiger charge is -2.47. The van der Waals surface area contributed by atoms with Crippen LogP contribution in [0, 0.1) is 0 Å². The van der Waals surface area contributed by atoms with Crippen molar-refractivity contribution in [1.82, 2.24) is 0 Å². The monoisotopic (exact) mass is 503 g/mol. The Kier molecular flexibility index (Phi) is 7.93. The number of carbonyl (C=O) groups excluding carboxylic acids is 1. The molecule has 3 aliphatic rings. The minimum atomic E-state index is -1.39. The molecule has 3 atom stereocenters. The summed E-state index contributed by atoms with van der Waals surface area (Å²) in [4.78, 5) is 14.1. The Morgan fingerprint density at radius 3 is 1.94 bits per heavy atom. The van der Waals surface area contributed by atoms with E-state index in [4.69, 9.17) is 21.1 Å². The van der Waals surface area contributed by atoms with Crippen LogP contribution in [0.25, 0.3) is 0 Å². The molecular weight excluding hydrogens is 469 g/mol. The highest BCUT2D eigenvalue weighted by Gasteiger charge is 2.57. The van der Waals surface area contributed by atoms with Crippen LogP contribution in [-0.4, -0.2) is 47.3 Å². The lowest BCUT2D eigenvalue weighted by molar-refractivity contribution is -0.956. The van der Waals surface area contributed by atoms with Gasteiger partial charge in [0.15, 0.2) is 0 Å². The summed E-state index contributed by atoms with van der Waals surface area (Å²) in [5.41, 5.74) is -0.496. The van der Waals surface area contributed by atoms with E-state index in [1.165, 1.54) is 43.3 Å². The molecule has 0 saturated carbocycles. The van der Waals surface area contributed by atoms with E-state index in [2.05, 4.69) is 0 Å². The van der Waals surface area contributed by atoms with Crippen LogP contribution in [0.4, 0.5) is 0 Å². The van der Waals surface area contributed by atoms with Gasteiger partial charge in [0.2, 0.25) is 5.60 Å². The molecule has 0 aliphatic carbocycles. The van der Waals surface area contributed by atoms with E-state index in [1.54, 1.807) is 0 Å². The largest absolute Gasteiger partial charge is 1.00 e. The quantitative estimate of drug-likeness (QED) is 0.331. The summed E-state index contributed by atoms with van der Waals surface area (Å²) in [5.74, 6) is -0.349. The highest BCUT2D eigenvalue weighted by molar-refractivity contribution is 6.19. The minimum Gasteiger partial charge on any atom is -1.00 e. The number of benzene rings is 2. The average molecular weight is 504 g/mol. The molecular formula is C28H35Cl2NO3. The first-order valence-corrected chi connectivity index (χ1v) is 13.0. The summed E-state index contributed by atoms with van der Waals surface area (Å²) in [5, 5.41) is 0. The van der Waals surface area contributed by atoms with Crippen LogP contribution in [0.5, 0.6) is 0 Å². The average Bonchev–Trinajstić information content (AvgIpc) is 3.40. The van der Waals surface area contributed by atoms with Gasteiger partial charge in [0.05, 0.1) is 25.2 Å². The highest BCUT2D eigenvalue weighted by atomic mass is 35.5. The highest BCUT2D eigenvalue weighted by Crippen LogP contribution is 2.47. The van der Waals surface area contributed by atoms with E-state index in [0.29, 0.717) is 18.5 Å². The molecule has 0 radical (unpaired) electrons. The van der Waals surface area contributed by atoms with Crippen LogP contribution in [0.15, 0.2) is 60.7 Å². The number of piperidine rings is 1. The number of carbonyl (C=O) groups is 1. The lowest BCUT2D eigenvalue weighted by Crippen LogP contribution is -3.00. The van der Waals surface area contributed by atoms with Gasteiger partial charge in [-0.1, -0.05) is 79.2 Å². The second-order valence-electron chi connectivity index (χ2n) is 9.99. The fraction of sp³-hybridized carbons (Fsp3) is 0.536. The zero-order valence-electron chi connectivity index (χ0n) is 19.9. The Labute approximate surface area is 214 Å². The van der Waals surface area contributed by atoms with Crippen molar-refractivity contribution in [2.24, 2.45) is 0 Å². The van der Waals surface area contributed by atoms with Gasteiger partial charge >= 0.3 is 5.97 Å². The van der Waals surface area contributed by atoms with Crippen molar-refractivity contribution in [3.63, 3.8) is 0 Å². The van der Waals surface area contributed by atoms with E-state index < -0.39 is 11.2 Å². The van der Waals surface area contributed by atoms with Gasteiger partial charge < -0.3 is 26.4 Å². The standard InChI is InChI=1S/C28H35ClNO3.ClH/c1-2-26(29)33-28(21-11-5-3-6-12-21,22-13-7-4-8-14-22)27(31)32-25-19-23-15-16-24(20-25)30(23)17-9-10-18-30;/h3-8,11-14,23-26H,2,9-10,15-20H2,1H3;1H/q+1;/p-1. The maximum absolute atomic E-state index is 14.1. The van der Waals surface area contributed by atoms with Gasteiger partial charge in [-0.15, -0.1) is 0 Å². The molecule has 3 heterocycles. The number of hydrogen-bond acceptors (Lipinski definition) is 3. The Morgan fingerprint density at radius 1 is 0.971 bits per heavy atom. The van der Waals surface area contributed by atoms with Gasteiger partial charge in [-0.25, -0.2) is 4.79 Å². The minimum absolute atomic E-state index is 0. The molecule has 2 aromatic carbocycles. The number of rotatable bonds is 7.